The van der Waals surface area contributed by atoms with Crippen LogP contribution in [0.3, 0.4) is 0 Å². The summed E-state index contributed by atoms with van der Waals surface area (Å²) in [4.78, 5) is 27.7. The predicted molar refractivity (Wildman–Crippen MR) is 124 cm³/mol. The Morgan fingerprint density at radius 1 is 1.03 bits per heavy atom. The van der Waals surface area contributed by atoms with E-state index in [-0.39, 0.29) is 17.7 Å². The number of hydrogen-bond acceptors (Lipinski definition) is 2. The molecule has 5 heteroatoms. The van der Waals surface area contributed by atoms with E-state index in [0.717, 1.165) is 24.1 Å². The molecule has 1 atom stereocenters. The third kappa shape index (κ3) is 4.82. The minimum absolute atomic E-state index is 0.0519. The Morgan fingerprint density at radius 2 is 1.77 bits per heavy atom. The van der Waals surface area contributed by atoms with Gasteiger partial charge in [0.05, 0.1) is 0 Å². The molecule has 3 aromatic rings. The number of para-hydroxylation sites is 1. The van der Waals surface area contributed by atoms with Gasteiger partial charge in [0, 0.05) is 44.2 Å². The van der Waals surface area contributed by atoms with Crippen molar-refractivity contribution in [2.45, 2.75) is 52.2 Å². The van der Waals surface area contributed by atoms with Crippen LogP contribution in [0.4, 0.5) is 0 Å². The molecule has 2 heterocycles. The topological polar surface area (TPSA) is 54.3 Å². The molecule has 1 aliphatic rings. The van der Waals surface area contributed by atoms with Crippen LogP contribution in [0, 0.1) is 5.92 Å². The van der Waals surface area contributed by atoms with Gasteiger partial charge in [0.15, 0.2) is 0 Å². The lowest BCUT2D eigenvalue weighted by Crippen LogP contribution is -2.52. The number of carbonyl (C=O) groups is 2. The highest BCUT2D eigenvalue weighted by molar-refractivity contribution is 5.88. The number of hydrogen-bond donors (Lipinski definition) is 1. The molecule has 0 radical (unpaired) electrons. The second kappa shape index (κ2) is 9.38. The molecule has 0 bridgehead atoms. The zero-order valence-electron chi connectivity index (χ0n) is 18.4. The van der Waals surface area contributed by atoms with Crippen LogP contribution in [0.2, 0.25) is 0 Å². The van der Waals surface area contributed by atoms with Crippen molar-refractivity contribution in [1.29, 1.82) is 0 Å². The molecule has 0 saturated carbocycles. The summed E-state index contributed by atoms with van der Waals surface area (Å²) in [7, 11) is 0. The van der Waals surface area contributed by atoms with Gasteiger partial charge < -0.3 is 14.8 Å². The molecule has 0 aliphatic carbocycles. The number of benzene rings is 2. The van der Waals surface area contributed by atoms with Crippen molar-refractivity contribution < 1.29 is 9.59 Å². The smallest absolute Gasteiger partial charge is 0.243 e. The van der Waals surface area contributed by atoms with E-state index >= 15 is 0 Å². The molecule has 0 saturated heterocycles. The first-order valence-corrected chi connectivity index (χ1v) is 11.2. The Labute approximate surface area is 184 Å². The van der Waals surface area contributed by atoms with Crippen LogP contribution in [-0.2, 0) is 29.1 Å². The van der Waals surface area contributed by atoms with E-state index in [9.17, 15) is 9.59 Å². The minimum Gasteiger partial charge on any atom is -0.354 e. The first kappa shape index (κ1) is 21.2. The number of rotatable bonds is 7. The summed E-state index contributed by atoms with van der Waals surface area (Å²) in [6, 6.07) is 18.1. The molecule has 1 aliphatic heterocycles. The standard InChI is InChI=1S/C26H31N3O2/c1-19(2)16-25(30)29-18-22-10-4-3-9-21(22)17-24(29)26(31)27-13-7-14-28-15-12-20-8-5-6-11-23(20)28/h3-6,8-12,15,19,24H,7,13-14,16-18H2,1-2H3,(H,27,31). The third-order valence-electron chi connectivity index (χ3n) is 6.01. The molecular formula is C26H31N3O2. The average molecular weight is 418 g/mol. The highest BCUT2D eigenvalue weighted by Gasteiger charge is 2.34. The third-order valence-corrected chi connectivity index (χ3v) is 6.01. The Balaban J connectivity index is 1.38. The normalized spacial score (nSPS) is 15.8. The Kier molecular flexibility index (Phi) is 6.40. The van der Waals surface area contributed by atoms with Gasteiger partial charge in [-0.3, -0.25) is 9.59 Å². The zero-order valence-corrected chi connectivity index (χ0v) is 18.4. The van der Waals surface area contributed by atoms with Gasteiger partial charge in [-0.1, -0.05) is 56.3 Å². The van der Waals surface area contributed by atoms with Crippen LogP contribution in [0.25, 0.3) is 10.9 Å². The van der Waals surface area contributed by atoms with E-state index < -0.39 is 6.04 Å². The Morgan fingerprint density at radius 3 is 2.58 bits per heavy atom. The molecule has 1 unspecified atom stereocenters. The predicted octanol–water partition coefficient (Wildman–Crippen LogP) is 4.15. The molecule has 0 fully saturated rings. The summed E-state index contributed by atoms with van der Waals surface area (Å²) in [6.45, 7) is 6.02. The summed E-state index contributed by atoms with van der Waals surface area (Å²) >= 11 is 0. The van der Waals surface area contributed by atoms with Gasteiger partial charge in [0.2, 0.25) is 11.8 Å². The maximum absolute atomic E-state index is 13.1. The molecule has 5 nitrogen and oxygen atoms in total. The van der Waals surface area contributed by atoms with E-state index in [4.69, 9.17) is 0 Å². The molecular weight excluding hydrogens is 386 g/mol. The second-order valence-corrected chi connectivity index (χ2v) is 8.82. The largest absolute Gasteiger partial charge is 0.354 e. The monoisotopic (exact) mass is 417 g/mol. The fourth-order valence-electron chi connectivity index (χ4n) is 4.40. The molecule has 4 rings (SSSR count). The highest BCUT2D eigenvalue weighted by Crippen LogP contribution is 2.25. The van der Waals surface area contributed by atoms with Crippen molar-refractivity contribution in [3.8, 4) is 0 Å². The van der Waals surface area contributed by atoms with Gasteiger partial charge in [-0.25, -0.2) is 0 Å². The maximum Gasteiger partial charge on any atom is 0.243 e. The molecule has 1 N–H and O–H groups in total. The van der Waals surface area contributed by atoms with Gasteiger partial charge in [0.1, 0.15) is 6.04 Å². The van der Waals surface area contributed by atoms with E-state index in [0.29, 0.717) is 25.9 Å². The number of aryl methyl sites for hydroxylation is 1. The minimum atomic E-state index is -0.437. The van der Waals surface area contributed by atoms with Crippen molar-refractivity contribution in [3.63, 3.8) is 0 Å². The summed E-state index contributed by atoms with van der Waals surface area (Å²) in [6.07, 6.45) is 3.98. The van der Waals surface area contributed by atoms with Gasteiger partial charge in [0.25, 0.3) is 0 Å². The lowest BCUT2D eigenvalue weighted by atomic mass is 9.92. The highest BCUT2D eigenvalue weighted by atomic mass is 16.2. The summed E-state index contributed by atoms with van der Waals surface area (Å²) in [5.74, 6) is 0.275. The van der Waals surface area contributed by atoms with Crippen LogP contribution >= 0.6 is 0 Å². The van der Waals surface area contributed by atoms with Gasteiger partial charge >= 0.3 is 0 Å². The average Bonchev–Trinajstić information content (AvgIpc) is 3.18. The van der Waals surface area contributed by atoms with Crippen molar-refractivity contribution in [2.75, 3.05) is 6.54 Å². The molecule has 162 valence electrons. The first-order valence-electron chi connectivity index (χ1n) is 11.2. The number of aromatic nitrogens is 1. The molecule has 1 aromatic heterocycles. The van der Waals surface area contributed by atoms with Gasteiger partial charge in [-0.2, -0.15) is 0 Å². The van der Waals surface area contributed by atoms with Crippen molar-refractivity contribution >= 4 is 22.7 Å². The van der Waals surface area contributed by atoms with Gasteiger partial charge in [-0.15, -0.1) is 0 Å². The van der Waals surface area contributed by atoms with E-state index in [1.165, 1.54) is 10.9 Å². The number of fused-ring (bicyclic) bond motifs is 2. The van der Waals surface area contributed by atoms with Crippen LogP contribution in [0.15, 0.2) is 60.8 Å². The number of carbonyl (C=O) groups excluding carboxylic acids is 2. The van der Waals surface area contributed by atoms with Crippen molar-refractivity contribution in [3.05, 3.63) is 71.9 Å². The van der Waals surface area contributed by atoms with Crippen molar-refractivity contribution in [1.82, 2.24) is 14.8 Å². The van der Waals surface area contributed by atoms with Crippen LogP contribution < -0.4 is 5.32 Å². The fourth-order valence-corrected chi connectivity index (χ4v) is 4.40. The number of nitrogens with one attached hydrogen (secondary N) is 1. The fraction of sp³-hybridized carbons (Fsp3) is 0.385. The maximum atomic E-state index is 13.1. The van der Waals surface area contributed by atoms with Crippen molar-refractivity contribution in [2.24, 2.45) is 5.92 Å². The van der Waals surface area contributed by atoms with Crippen LogP contribution in [0.5, 0.6) is 0 Å². The van der Waals surface area contributed by atoms with Crippen LogP contribution in [-0.4, -0.2) is 33.9 Å². The second-order valence-electron chi connectivity index (χ2n) is 8.82. The molecule has 0 spiro atoms. The lowest BCUT2D eigenvalue weighted by molar-refractivity contribution is -0.142. The van der Waals surface area contributed by atoms with E-state index in [1.54, 1.807) is 4.90 Å². The molecule has 31 heavy (non-hydrogen) atoms. The SMILES string of the molecule is CC(C)CC(=O)N1Cc2ccccc2CC1C(=O)NCCCn1ccc2ccccc21. The van der Waals surface area contributed by atoms with Crippen LogP contribution in [0.1, 0.15) is 37.8 Å². The quantitative estimate of drug-likeness (QED) is 0.587. The van der Waals surface area contributed by atoms with E-state index in [1.807, 2.05) is 38.1 Å². The number of nitrogens with zero attached hydrogens (tertiary/aromatic N) is 2. The van der Waals surface area contributed by atoms with E-state index in [2.05, 4.69) is 46.4 Å². The molecule has 2 amide bonds. The Bertz CT molecular complexity index is 1070. The summed E-state index contributed by atoms with van der Waals surface area (Å²) in [5.41, 5.74) is 3.52. The first-order chi connectivity index (χ1) is 15.0. The molecule has 2 aromatic carbocycles. The summed E-state index contributed by atoms with van der Waals surface area (Å²) < 4.78 is 2.22. The van der Waals surface area contributed by atoms with Gasteiger partial charge in [-0.05, 0) is 41.0 Å². The number of amides is 2. The Hall–Kier alpha value is -3.08. The zero-order chi connectivity index (χ0) is 21.8. The lowest BCUT2D eigenvalue weighted by Gasteiger charge is -2.36. The summed E-state index contributed by atoms with van der Waals surface area (Å²) in [5, 5.41) is 4.31.